The highest BCUT2D eigenvalue weighted by molar-refractivity contribution is 7.99. The van der Waals surface area contributed by atoms with Crippen LogP contribution in [-0.2, 0) is 0 Å². The molecule has 27 heavy (non-hydrogen) atoms. The molecule has 4 rings (SSSR count). The first-order chi connectivity index (χ1) is 13.0. The van der Waals surface area contributed by atoms with Gasteiger partial charge in [0.1, 0.15) is 10.7 Å². The molecule has 2 heterocycles. The van der Waals surface area contributed by atoms with Crippen LogP contribution in [-0.4, -0.2) is 20.6 Å². The van der Waals surface area contributed by atoms with Gasteiger partial charge in [0.05, 0.1) is 5.52 Å². The summed E-state index contributed by atoms with van der Waals surface area (Å²) in [4.78, 5) is 16.5. The summed E-state index contributed by atoms with van der Waals surface area (Å²) in [6.45, 7) is 2.05. The van der Waals surface area contributed by atoms with Gasteiger partial charge in [0.2, 0.25) is 0 Å². The molecule has 0 aliphatic heterocycles. The number of carbonyl (C=O) groups is 1. The Hall–Kier alpha value is -2.76. The topological polar surface area (TPSA) is 55.1 Å². The summed E-state index contributed by atoms with van der Waals surface area (Å²) in [5, 5.41) is 11.5. The lowest BCUT2D eigenvalue weighted by atomic mass is 10.2. The van der Waals surface area contributed by atoms with Crippen molar-refractivity contribution in [2.45, 2.75) is 16.8 Å². The van der Waals surface area contributed by atoms with Crippen molar-refractivity contribution in [2.24, 2.45) is 0 Å². The Bertz CT molecular complexity index is 1160. The molecule has 4 aromatic rings. The van der Waals surface area contributed by atoms with Crippen LogP contribution in [0.25, 0.3) is 16.6 Å². The van der Waals surface area contributed by atoms with Crippen molar-refractivity contribution in [3.63, 3.8) is 0 Å². The third-order valence-electron chi connectivity index (χ3n) is 4.27. The minimum absolute atomic E-state index is 0.0347. The Kier molecular flexibility index (Phi) is 4.64. The second kappa shape index (κ2) is 7.10. The average Bonchev–Trinajstić information content (AvgIpc) is 2.93. The quantitative estimate of drug-likeness (QED) is 0.472. The molecule has 0 saturated carbocycles. The van der Waals surface area contributed by atoms with Crippen LogP contribution < -0.4 is 0 Å². The first kappa shape index (κ1) is 17.6. The molecule has 4 nitrogen and oxygen atoms in total. The van der Waals surface area contributed by atoms with Gasteiger partial charge in [0.25, 0.3) is 0 Å². The maximum atomic E-state index is 11.2. The van der Waals surface area contributed by atoms with Crippen LogP contribution in [0, 0.1) is 6.92 Å². The summed E-state index contributed by atoms with van der Waals surface area (Å²) in [7, 11) is 0. The van der Waals surface area contributed by atoms with E-state index in [2.05, 4.69) is 9.55 Å². The van der Waals surface area contributed by atoms with Gasteiger partial charge in [-0.15, -0.1) is 0 Å². The molecule has 0 bridgehead atoms. The number of hydrogen-bond donors (Lipinski definition) is 1. The molecule has 0 fully saturated rings. The van der Waals surface area contributed by atoms with Gasteiger partial charge < -0.3 is 9.67 Å². The number of pyridine rings is 1. The van der Waals surface area contributed by atoms with E-state index in [0.717, 1.165) is 27.2 Å². The summed E-state index contributed by atoms with van der Waals surface area (Å²) >= 11 is 7.72. The number of aromatic nitrogens is 2. The van der Waals surface area contributed by atoms with Gasteiger partial charge >= 0.3 is 5.97 Å². The SMILES string of the molecule is Cc1c(Sc2cccc(C(=O)O)n2)c2ccc(Cl)cc2n1-c1ccccc1. The number of hydrogen-bond acceptors (Lipinski definition) is 3. The fraction of sp³-hybridized carbons (Fsp3) is 0.0476. The van der Waals surface area contributed by atoms with Crippen LogP contribution in [0.15, 0.2) is 76.7 Å². The predicted molar refractivity (Wildman–Crippen MR) is 108 cm³/mol. The summed E-state index contributed by atoms with van der Waals surface area (Å²) in [5.74, 6) is -1.03. The summed E-state index contributed by atoms with van der Waals surface area (Å²) in [5.41, 5.74) is 3.13. The van der Waals surface area contributed by atoms with Crippen LogP contribution in [0.1, 0.15) is 16.2 Å². The van der Waals surface area contributed by atoms with Gasteiger partial charge in [-0.1, -0.05) is 53.7 Å². The summed E-state index contributed by atoms with van der Waals surface area (Å²) in [6, 6.07) is 20.9. The maximum Gasteiger partial charge on any atom is 0.354 e. The van der Waals surface area contributed by atoms with Gasteiger partial charge in [0, 0.05) is 26.7 Å². The monoisotopic (exact) mass is 394 g/mol. The number of nitrogens with zero attached hydrogens (tertiary/aromatic N) is 2. The Labute approximate surface area is 165 Å². The summed E-state index contributed by atoms with van der Waals surface area (Å²) in [6.07, 6.45) is 0. The number of carboxylic acids is 1. The molecule has 0 spiro atoms. The molecule has 2 aromatic carbocycles. The standard InChI is InChI=1S/C21H15ClN2O2S/c1-13-20(27-19-9-5-8-17(23-19)21(25)26)16-11-10-14(22)12-18(16)24(13)15-6-3-2-4-7-15/h2-12H,1H3,(H,25,26). The molecule has 0 radical (unpaired) electrons. The molecule has 0 saturated heterocycles. The maximum absolute atomic E-state index is 11.2. The van der Waals surface area contributed by atoms with Crippen molar-refractivity contribution < 1.29 is 9.90 Å². The highest BCUT2D eigenvalue weighted by Gasteiger charge is 2.18. The summed E-state index contributed by atoms with van der Waals surface area (Å²) < 4.78 is 2.16. The number of para-hydroxylation sites is 1. The Morgan fingerprint density at radius 1 is 1.07 bits per heavy atom. The van der Waals surface area contributed by atoms with Crippen molar-refractivity contribution in [1.82, 2.24) is 9.55 Å². The number of benzene rings is 2. The minimum atomic E-state index is -1.03. The fourth-order valence-corrected chi connectivity index (χ4v) is 4.28. The molecule has 0 amide bonds. The van der Waals surface area contributed by atoms with Crippen LogP contribution in [0.3, 0.4) is 0 Å². The van der Waals surface area contributed by atoms with Crippen molar-refractivity contribution in [2.75, 3.05) is 0 Å². The first-order valence-electron chi connectivity index (χ1n) is 8.29. The normalized spacial score (nSPS) is 11.0. The molecule has 0 atom stereocenters. The lowest BCUT2D eigenvalue weighted by Crippen LogP contribution is -2.00. The lowest BCUT2D eigenvalue weighted by Gasteiger charge is -2.08. The predicted octanol–water partition coefficient (Wildman–Crippen LogP) is 5.84. The molecule has 1 N–H and O–H groups in total. The minimum Gasteiger partial charge on any atom is -0.477 e. The van der Waals surface area contributed by atoms with Crippen molar-refractivity contribution in [3.8, 4) is 5.69 Å². The Morgan fingerprint density at radius 2 is 1.85 bits per heavy atom. The van der Waals surface area contributed by atoms with Gasteiger partial charge in [0.15, 0.2) is 0 Å². The van der Waals surface area contributed by atoms with Gasteiger partial charge in [-0.2, -0.15) is 0 Å². The third kappa shape index (κ3) is 3.31. The van der Waals surface area contributed by atoms with E-state index in [1.165, 1.54) is 17.8 Å². The molecule has 134 valence electrons. The fourth-order valence-electron chi connectivity index (χ4n) is 3.09. The number of carboxylic acid groups (broad SMARTS) is 1. The van der Waals surface area contributed by atoms with E-state index >= 15 is 0 Å². The largest absolute Gasteiger partial charge is 0.477 e. The molecule has 0 aliphatic carbocycles. The van der Waals surface area contributed by atoms with E-state index in [9.17, 15) is 9.90 Å². The second-order valence-electron chi connectivity index (χ2n) is 6.02. The van der Waals surface area contributed by atoms with E-state index in [1.807, 2.05) is 61.5 Å². The Morgan fingerprint density at radius 3 is 2.59 bits per heavy atom. The van der Waals surface area contributed by atoms with Crippen LogP contribution in [0.4, 0.5) is 0 Å². The zero-order chi connectivity index (χ0) is 19.0. The zero-order valence-electron chi connectivity index (χ0n) is 14.4. The average molecular weight is 395 g/mol. The van der Waals surface area contributed by atoms with Crippen molar-refractivity contribution in [1.29, 1.82) is 0 Å². The third-order valence-corrected chi connectivity index (χ3v) is 5.66. The van der Waals surface area contributed by atoms with E-state index < -0.39 is 5.97 Å². The van der Waals surface area contributed by atoms with E-state index in [-0.39, 0.29) is 5.69 Å². The van der Waals surface area contributed by atoms with Crippen LogP contribution in [0.2, 0.25) is 5.02 Å². The van der Waals surface area contributed by atoms with E-state index in [4.69, 9.17) is 11.6 Å². The lowest BCUT2D eigenvalue weighted by molar-refractivity contribution is 0.0689. The molecule has 0 aliphatic rings. The van der Waals surface area contributed by atoms with Gasteiger partial charge in [-0.3, -0.25) is 0 Å². The number of fused-ring (bicyclic) bond motifs is 1. The molecular formula is C21H15ClN2O2S. The van der Waals surface area contributed by atoms with Crippen LogP contribution >= 0.6 is 23.4 Å². The van der Waals surface area contributed by atoms with Crippen molar-refractivity contribution in [3.05, 3.63) is 83.1 Å². The van der Waals surface area contributed by atoms with Gasteiger partial charge in [-0.05, 0) is 43.3 Å². The smallest absolute Gasteiger partial charge is 0.354 e. The molecule has 0 unspecified atom stereocenters. The number of halogens is 1. The highest BCUT2D eigenvalue weighted by atomic mass is 35.5. The van der Waals surface area contributed by atoms with E-state index in [0.29, 0.717) is 10.0 Å². The molecule has 2 aromatic heterocycles. The van der Waals surface area contributed by atoms with Gasteiger partial charge in [-0.25, -0.2) is 9.78 Å². The zero-order valence-corrected chi connectivity index (χ0v) is 16.0. The highest BCUT2D eigenvalue weighted by Crippen LogP contribution is 2.39. The second-order valence-corrected chi connectivity index (χ2v) is 7.48. The molecular weight excluding hydrogens is 380 g/mol. The molecule has 6 heteroatoms. The number of rotatable bonds is 4. The van der Waals surface area contributed by atoms with Crippen molar-refractivity contribution >= 4 is 40.2 Å². The van der Waals surface area contributed by atoms with E-state index in [1.54, 1.807) is 6.07 Å². The first-order valence-corrected chi connectivity index (χ1v) is 9.48. The Balaban J connectivity index is 1.90. The van der Waals surface area contributed by atoms with Crippen LogP contribution in [0.5, 0.6) is 0 Å². The number of aromatic carboxylic acids is 1.